The third-order valence-corrected chi connectivity index (χ3v) is 10.3. The van der Waals surface area contributed by atoms with Gasteiger partial charge in [0.25, 0.3) is 15.9 Å². The van der Waals surface area contributed by atoms with Crippen LogP contribution in [0, 0.1) is 5.92 Å². The summed E-state index contributed by atoms with van der Waals surface area (Å²) in [6.45, 7) is 6.57. The van der Waals surface area contributed by atoms with Crippen molar-refractivity contribution in [3.8, 4) is 5.75 Å². The average Bonchev–Trinajstić information content (AvgIpc) is 3.43. The number of carbonyl (C=O) groups excluding carboxylic acids is 1. The molecule has 1 aliphatic rings. The van der Waals surface area contributed by atoms with Crippen LogP contribution in [0.1, 0.15) is 26.7 Å². The Labute approximate surface area is 217 Å². The number of sulfonamides is 1. The fourth-order valence-electron chi connectivity index (χ4n) is 4.02. The third kappa shape index (κ3) is 5.98. The van der Waals surface area contributed by atoms with Crippen LogP contribution >= 0.6 is 34.3 Å². The zero-order chi connectivity index (χ0) is 25.0. The summed E-state index contributed by atoms with van der Waals surface area (Å²) in [5.74, 6) is -0.0488. The van der Waals surface area contributed by atoms with Crippen LogP contribution in [0.3, 0.4) is 0 Å². The molecule has 0 N–H and O–H groups in total. The maximum absolute atomic E-state index is 13.2. The molecule has 1 unspecified atom stereocenters. The molecule has 1 amide bonds. The Balaban J connectivity index is 1.62. The highest BCUT2D eigenvalue weighted by molar-refractivity contribution is 7.91. The van der Waals surface area contributed by atoms with Gasteiger partial charge >= 0.3 is 0 Å². The maximum atomic E-state index is 13.2. The first kappa shape index (κ1) is 26.3. The summed E-state index contributed by atoms with van der Waals surface area (Å²) >= 11 is 8.38. The van der Waals surface area contributed by atoms with Gasteiger partial charge in [0.05, 0.1) is 33.7 Å². The largest absolute Gasteiger partial charge is 0.494 e. The van der Waals surface area contributed by atoms with Crippen molar-refractivity contribution in [2.24, 2.45) is 10.9 Å². The van der Waals surface area contributed by atoms with Crippen LogP contribution in [0.25, 0.3) is 10.2 Å². The zero-order valence-corrected chi connectivity index (χ0v) is 22.8. The minimum Gasteiger partial charge on any atom is -0.494 e. The third-order valence-electron chi connectivity index (χ3n) is 5.71. The Morgan fingerprint density at radius 2 is 2.03 bits per heavy atom. The molecular formula is C23H28ClN3O5S3. The lowest BCUT2D eigenvalue weighted by Crippen LogP contribution is -2.42. The Morgan fingerprint density at radius 3 is 2.74 bits per heavy atom. The lowest BCUT2D eigenvalue weighted by atomic mass is 9.99. The Kier molecular flexibility index (Phi) is 8.67. The second-order valence-corrected chi connectivity index (χ2v) is 12.9. The molecule has 35 heavy (non-hydrogen) atoms. The summed E-state index contributed by atoms with van der Waals surface area (Å²) in [7, 11) is -3.69. The fourth-order valence-corrected chi connectivity index (χ4v) is 8.27. The van der Waals surface area contributed by atoms with E-state index < -0.39 is 15.9 Å². The molecule has 0 bridgehead atoms. The molecule has 1 saturated heterocycles. The number of halogens is 1. The first-order valence-electron chi connectivity index (χ1n) is 11.5. The number of ether oxygens (including phenoxy) is 2. The minimum atomic E-state index is -3.69. The number of rotatable bonds is 9. The van der Waals surface area contributed by atoms with Gasteiger partial charge in [-0.3, -0.25) is 4.79 Å². The minimum absolute atomic E-state index is 0.110. The molecule has 1 fully saturated rings. The van der Waals surface area contributed by atoms with Gasteiger partial charge in [0.1, 0.15) is 9.96 Å². The smallest absolute Gasteiger partial charge is 0.252 e. The number of thiazole rings is 1. The Bertz CT molecular complexity index is 1360. The van der Waals surface area contributed by atoms with E-state index in [1.807, 2.05) is 36.6 Å². The summed E-state index contributed by atoms with van der Waals surface area (Å²) in [6.07, 6.45) is 1.19. The molecule has 190 valence electrons. The number of hydrogen-bond acceptors (Lipinski definition) is 7. The SMILES string of the molecule is CCOCCn1c(=NC(=O)C2CCCN(S(=O)(=O)c3ccc(Cl)s3)C2)sc2cc(OCC)ccc21. The fraction of sp³-hybridized carbons (Fsp3) is 0.478. The molecule has 1 aliphatic heterocycles. The number of nitrogens with zero attached hydrogens (tertiary/aromatic N) is 3. The number of carbonyl (C=O) groups is 1. The Hall–Kier alpha value is -1.76. The summed E-state index contributed by atoms with van der Waals surface area (Å²) in [5, 5.41) is 0. The van der Waals surface area contributed by atoms with E-state index in [-0.39, 0.29) is 16.7 Å². The van der Waals surface area contributed by atoms with Gasteiger partial charge < -0.3 is 14.0 Å². The highest BCUT2D eigenvalue weighted by Crippen LogP contribution is 2.31. The van der Waals surface area contributed by atoms with Crippen molar-refractivity contribution in [1.29, 1.82) is 0 Å². The number of amides is 1. The molecule has 2 aromatic heterocycles. The Morgan fingerprint density at radius 1 is 1.20 bits per heavy atom. The van der Waals surface area contributed by atoms with Crippen LogP contribution in [-0.4, -0.2) is 56.1 Å². The number of hydrogen-bond donors (Lipinski definition) is 0. The van der Waals surface area contributed by atoms with Crippen LogP contribution in [-0.2, 0) is 26.1 Å². The van der Waals surface area contributed by atoms with Crippen molar-refractivity contribution < 1.29 is 22.7 Å². The quantitative estimate of drug-likeness (QED) is 0.364. The van der Waals surface area contributed by atoms with Crippen molar-refractivity contribution in [2.75, 3.05) is 32.9 Å². The molecule has 0 radical (unpaired) electrons. The van der Waals surface area contributed by atoms with E-state index in [9.17, 15) is 13.2 Å². The van der Waals surface area contributed by atoms with Gasteiger partial charge in [0.2, 0.25) is 0 Å². The van der Waals surface area contributed by atoms with Crippen molar-refractivity contribution in [1.82, 2.24) is 8.87 Å². The average molecular weight is 558 g/mol. The molecule has 0 spiro atoms. The van der Waals surface area contributed by atoms with Gasteiger partial charge in [-0.15, -0.1) is 11.3 Å². The maximum Gasteiger partial charge on any atom is 0.252 e. The number of aromatic nitrogens is 1. The normalized spacial score (nSPS) is 17.8. The molecule has 0 saturated carbocycles. The van der Waals surface area contributed by atoms with E-state index in [2.05, 4.69) is 4.99 Å². The topological polar surface area (TPSA) is 90.2 Å². The monoisotopic (exact) mass is 557 g/mol. The van der Waals surface area contributed by atoms with Crippen molar-refractivity contribution in [2.45, 2.75) is 37.4 Å². The van der Waals surface area contributed by atoms with Crippen molar-refractivity contribution >= 4 is 60.4 Å². The van der Waals surface area contributed by atoms with Gasteiger partial charge in [-0.05, 0) is 57.0 Å². The second-order valence-electron chi connectivity index (χ2n) is 8.01. The van der Waals surface area contributed by atoms with Gasteiger partial charge in [0.15, 0.2) is 4.80 Å². The van der Waals surface area contributed by atoms with Gasteiger partial charge in [-0.2, -0.15) is 9.30 Å². The van der Waals surface area contributed by atoms with Crippen molar-refractivity contribution in [3.63, 3.8) is 0 Å². The highest BCUT2D eigenvalue weighted by atomic mass is 35.5. The number of benzene rings is 1. The van der Waals surface area contributed by atoms with Crippen LogP contribution < -0.4 is 9.54 Å². The summed E-state index contributed by atoms with van der Waals surface area (Å²) in [5.41, 5.74) is 0.951. The van der Waals surface area contributed by atoms with E-state index in [4.69, 9.17) is 21.1 Å². The van der Waals surface area contributed by atoms with Crippen LogP contribution in [0.5, 0.6) is 5.75 Å². The van der Waals surface area contributed by atoms with Crippen LogP contribution in [0.15, 0.2) is 39.5 Å². The van der Waals surface area contributed by atoms with E-state index in [1.165, 1.54) is 21.7 Å². The molecule has 1 aromatic carbocycles. The van der Waals surface area contributed by atoms with E-state index in [0.29, 0.717) is 54.9 Å². The lowest BCUT2D eigenvalue weighted by Gasteiger charge is -2.29. The predicted molar refractivity (Wildman–Crippen MR) is 139 cm³/mol. The van der Waals surface area contributed by atoms with E-state index in [1.54, 1.807) is 6.07 Å². The zero-order valence-electron chi connectivity index (χ0n) is 19.6. The molecule has 1 atom stereocenters. The summed E-state index contributed by atoms with van der Waals surface area (Å²) in [6, 6.07) is 8.90. The molecule has 0 aliphatic carbocycles. The first-order chi connectivity index (χ1) is 16.8. The van der Waals surface area contributed by atoms with Crippen LogP contribution in [0.2, 0.25) is 4.34 Å². The first-order valence-corrected chi connectivity index (χ1v) is 15.0. The van der Waals surface area contributed by atoms with Gasteiger partial charge in [-0.25, -0.2) is 8.42 Å². The van der Waals surface area contributed by atoms with E-state index >= 15 is 0 Å². The lowest BCUT2D eigenvalue weighted by molar-refractivity contribution is -0.122. The number of thiophene rings is 1. The van der Waals surface area contributed by atoms with Gasteiger partial charge in [0, 0.05) is 26.2 Å². The molecule has 3 heterocycles. The standard InChI is InChI=1S/C23H28ClN3O5S3/c1-3-31-13-12-27-18-8-7-17(32-4-2)14-19(18)33-23(27)25-22(28)16-6-5-11-26(15-16)35(29,30)21-10-9-20(24)34-21/h7-10,14,16H,3-6,11-13,15H2,1-2H3. The van der Waals surface area contributed by atoms with Crippen LogP contribution in [0.4, 0.5) is 0 Å². The molecule has 4 rings (SSSR count). The van der Waals surface area contributed by atoms with Gasteiger partial charge in [-0.1, -0.05) is 22.9 Å². The second kappa shape index (κ2) is 11.5. The number of fused-ring (bicyclic) bond motifs is 1. The molecule has 3 aromatic rings. The summed E-state index contributed by atoms with van der Waals surface area (Å²) < 4.78 is 42.2. The molecular weight excluding hydrogens is 530 g/mol. The van der Waals surface area contributed by atoms with Crippen molar-refractivity contribution in [3.05, 3.63) is 39.5 Å². The molecule has 8 nitrogen and oxygen atoms in total. The summed E-state index contributed by atoms with van der Waals surface area (Å²) in [4.78, 5) is 18.3. The van der Waals surface area contributed by atoms with E-state index in [0.717, 1.165) is 27.3 Å². The highest BCUT2D eigenvalue weighted by Gasteiger charge is 2.34. The number of piperidine rings is 1. The molecule has 12 heteroatoms. The predicted octanol–water partition coefficient (Wildman–Crippen LogP) is 4.38.